The fourth-order valence-corrected chi connectivity index (χ4v) is 1.47. The Labute approximate surface area is 105 Å². The molecule has 1 amide bonds. The number of benzene rings is 1. The highest BCUT2D eigenvalue weighted by molar-refractivity contribution is 6.31. The molecule has 0 aliphatic carbocycles. The summed E-state index contributed by atoms with van der Waals surface area (Å²) in [6.45, 7) is 4.01. The van der Waals surface area contributed by atoms with Crippen LogP contribution in [0.5, 0.6) is 0 Å². The van der Waals surface area contributed by atoms with E-state index in [-0.39, 0.29) is 0 Å². The van der Waals surface area contributed by atoms with Gasteiger partial charge in [-0.25, -0.2) is 0 Å². The van der Waals surface area contributed by atoms with E-state index in [1.807, 2.05) is 0 Å². The average Bonchev–Trinajstić information content (AvgIpc) is 2.29. The van der Waals surface area contributed by atoms with Crippen LogP contribution in [0.3, 0.4) is 0 Å². The molecule has 1 rings (SSSR count). The van der Waals surface area contributed by atoms with Gasteiger partial charge < -0.3 is 19.5 Å². The van der Waals surface area contributed by atoms with Crippen molar-refractivity contribution >= 4 is 23.4 Å². The maximum atomic E-state index is 11.0. The Morgan fingerprint density at radius 1 is 1.59 bits per heavy atom. The van der Waals surface area contributed by atoms with Crippen molar-refractivity contribution in [1.82, 2.24) is 0 Å². The monoisotopic (exact) mass is 254 g/mol. The minimum Gasteiger partial charge on any atom is -0.529 e. The summed E-state index contributed by atoms with van der Waals surface area (Å²) in [5, 5.41) is 11.5. The maximum absolute atomic E-state index is 11.0. The lowest BCUT2D eigenvalue weighted by Gasteiger charge is -2.23. The van der Waals surface area contributed by atoms with Gasteiger partial charge in [0, 0.05) is 11.2 Å². The minimum atomic E-state index is -1.34. The van der Waals surface area contributed by atoms with Gasteiger partial charge in [0.1, 0.15) is 6.09 Å². The fourth-order valence-electron chi connectivity index (χ4n) is 1.30. The second kappa shape index (κ2) is 6.15. The first-order valence-corrected chi connectivity index (χ1v) is 5.49. The van der Waals surface area contributed by atoms with E-state index in [4.69, 9.17) is 16.3 Å². The summed E-state index contributed by atoms with van der Waals surface area (Å²) < 4.78 is 4.96. The molecule has 1 aromatic carbocycles. The molecule has 0 unspecified atom stereocenters. The first-order valence-electron chi connectivity index (χ1n) is 5.11. The lowest BCUT2D eigenvalue weighted by Crippen LogP contribution is -2.38. The van der Waals surface area contributed by atoms with Crippen molar-refractivity contribution in [3.8, 4) is 0 Å². The van der Waals surface area contributed by atoms with Crippen molar-refractivity contribution in [1.29, 1.82) is 0 Å². The second-order valence-corrected chi connectivity index (χ2v) is 3.67. The number of anilines is 1. The predicted molar refractivity (Wildman–Crippen MR) is 64.8 cm³/mol. The summed E-state index contributed by atoms with van der Waals surface area (Å²) in [4.78, 5) is 12.0. The summed E-state index contributed by atoms with van der Waals surface area (Å²) in [5.74, 6) is 0. The van der Waals surface area contributed by atoms with Crippen molar-refractivity contribution in [2.24, 2.45) is 0 Å². The van der Waals surface area contributed by atoms with Crippen LogP contribution in [0.1, 0.15) is 12.5 Å². The molecule has 0 aliphatic rings. The van der Waals surface area contributed by atoms with Crippen LogP contribution in [0.15, 0.2) is 30.7 Å². The van der Waals surface area contributed by atoms with Crippen LogP contribution in [0.4, 0.5) is 10.5 Å². The van der Waals surface area contributed by atoms with Crippen molar-refractivity contribution in [2.75, 3.05) is 11.5 Å². The summed E-state index contributed by atoms with van der Waals surface area (Å²) in [6, 6.07) is 5.02. The smallest absolute Gasteiger partial charge is 0.146 e. The molecule has 0 bridgehead atoms. The van der Waals surface area contributed by atoms with Gasteiger partial charge in [-0.05, 0) is 31.5 Å². The van der Waals surface area contributed by atoms with E-state index < -0.39 is 6.09 Å². The Morgan fingerprint density at radius 2 is 2.29 bits per heavy atom. The molecule has 0 radical (unpaired) electrons. The van der Waals surface area contributed by atoms with Gasteiger partial charge in [0.05, 0.1) is 18.6 Å². The number of hydrogen-bond donors (Lipinski definition) is 0. The van der Waals surface area contributed by atoms with Gasteiger partial charge in [0.2, 0.25) is 0 Å². The number of rotatable bonds is 4. The van der Waals surface area contributed by atoms with E-state index in [0.29, 0.717) is 22.9 Å². The number of hydrogen-bond acceptors (Lipinski definition) is 3. The van der Waals surface area contributed by atoms with Gasteiger partial charge in [0.15, 0.2) is 0 Å². The molecule has 0 N–H and O–H groups in total. The van der Waals surface area contributed by atoms with Gasteiger partial charge in [-0.1, -0.05) is 17.7 Å². The minimum absolute atomic E-state index is 0.452. The molecule has 17 heavy (non-hydrogen) atoms. The Hall–Kier alpha value is -1.68. The fraction of sp³-hybridized carbons (Fsp3) is 0.250. The quantitative estimate of drug-likeness (QED) is 0.775. The molecule has 0 heterocycles. The molecule has 0 atom stereocenters. The summed E-state index contributed by atoms with van der Waals surface area (Å²) in [7, 11) is 0. The topological polar surface area (TPSA) is 52.6 Å². The molecule has 92 valence electrons. The van der Waals surface area contributed by atoms with Crippen LogP contribution >= 0.6 is 11.6 Å². The largest absolute Gasteiger partial charge is 0.529 e. The third-order valence-corrected chi connectivity index (χ3v) is 2.58. The van der Waals surface area contributed by atoms with Crippen LogP contribution in [-0.4, -0.2) is 12.7 Å². The van der Waals surface area contributed by atoms with Gasteiger partial charge >= 0.3 is 0 Å². The molecule has 0 saturated heterocycles. The zero-order valence-corrected chi connectivity index (χ0v) is 10.4. The molecule has 0 saturated carbocycles. The Kier molecular flexibility index (Phi) is 4.84. The lowest BCUT2D eigenvalue weighted by molar-refractivity contribution is -0.245. The third-order valence-electron chi connectivity index (χ3n) is 2.17. The summed E-state index contributed by atoms with van der Waals surface area (Å²) in [5.41, 5.74) is 1.12. The van der Waals surface area contributed by atoms with Crippen molar-refractivity contribution in [3.63, 3.8) is 0 Å². The predicted octanol–water partition coefficient (Wildman–Crippen LogP) is 2.31. The number of nitrogens with zero attached hydrogens (tertiary/aromatic N) is 1. The van der Waals surface area contributed by atoms with Gasteiger partial charge in [-0.15, -0.1) is 0 Å². The summed E-state index contributed by atoms with van der Waals surface area (Å²) in [6.07, 6.45) is 1.25. The van der Waals surface area contributed by atoms with E-state index in [1.54, 1.807) is 32.0 Å². The molecule has 5 heteroatoms. The zero-order valence-electron chi connectivity index (χ0n) is 9.64. The van der Waals surface area contributed by atoms with E-state index in [1.165, 1.54) is 12.5 Å². The van der Waals surface area contributed by atoms with Gasteiger partial charge in [-0.2, -0.15) is 0 Å². The van der Waals surface area contributed by atoms with E-state index >= 15 is 0 Å². The zero-order chi connectivity index (χ0) is 12.8. The normalized spacial score (nSPS) is 10.5. The Bertz CT molecular complexity index is 432. The molecule has 0 aromatic heterocycles. The third kappa shape index (κ3) is 3.39. The van der Waals surface area contributed by atoms with Crippen molar-refractivity contribution in [2.45, 2.75) is 13.8 Å². The first-order chi connectivity index (χ1) is 8.07. The summed E-state index contributed by atoms with van der Waals surface area (Å²) >= 11 is 5.93. The van der Waals surface area contributed by atoms with Crippen LogP contribution in [0, 0.1) is 6.92 Å². The molecule has 1 aromatic rings. The second-order valence-electron chi connectivity index (χ2n) is 3.26. The number of carboxylic acid groups (broad SMARTS) is 1. The highest BCUT2D eigenvalue weighted by Crippen LogP contribution is 2.26. The van der Waals surface area contributed by atoms with E-state index in [9.17, 15) is 9.90 Å². The molecular weight excluding hydrogens is 242 g/mol. The molecular formula is C12H13ClNO3-. The number of amides is 1. The molecule has 0 spiro atoms. The van der Waals surface area contributed by atoms with E-state index in [0.717, 1.165) is 4.90 Å². The van der Waals surface area contributed by atoms with Crippen molar-refractivity contribution in [3.05, 3.63) is 41.2 Å². The van der Waals surface area contributed by atoms with Crippen molar-refractivity contribution < 1.29 is 14.6 Å². The Morgan fingerprint density at radius 3 is 2.88 bits per heavy atom. The first kappa shape index (κ1) is 13.4. The molecule has 0 aliphatic heterocycles. The highest BCUT2D eigenvalue weighted by atomic mass is 35.5. The SMILES string of the molecule is CCO/C=C/N(C(=O)[O-])c1cccc(Cl)c1C. The molecule has 0 fully saturated rings. The van der Waals surface area contributed by atoms with Crippen LogP contribution in [-0.2, 0) is 4.74 Å². The number of carbonyl (C=O) groups excluding carboxylic acids is 1. The Balaban J connectivity index is 3.06. The number of carbonyl (C=O) groups is 1. The van der Waals surface area contributed by atoms with Crippen LogP contribution in [0.25, 0.3) is 0 Å². The number of halogens is 1. The molecule has 4 nitrogen and oxygen atoms in total. The maximum Gasteiger partial charge on any atom is 0.146 e. The average molecular weight is 255 g/mol. The number of ether oxygens (including phenoxy) is 1. The van der Waals surface area contributed by atoms with Crippen LogP contribution in [0.2, 0.25) is 5.02 Å². The standard InChI is InChI=1S/C12H14ClNO3/c1-3-17-8-7-14(12(15)16)11-6-4-5-10(13)9(11)2/h4-8H,3H2,1-2H3,(H,15,16)/p-1/b8-7+. The van der Waals surface area contributed by atoms with Crippen LogP contribution < -0.4 is 10.0 Å². The van der Waals surface area contributed by atoms with Gasteiger partial charge in [-0.3, -0.25) is 0 Å². The lowest BCUT2D eigenvalue weighted by atomic mass is 10.2. The highest BCUT2D eigenvalue weighted by Gasteiger charge is 2.09. The van der Waals surface area contributed by atoms with E-state index in [2.05, 4.69) is 0 Å². The van der Waals surface area contributed by atoms with Gasteiger partial charge in [0.25, 0.3) is 0 Å².